The zero-order valence-electron chi connectivity index (χ0n) is 11.7. The van der Waals surface area contributed by atoms with Crippen LogP contribution >= 0.6 is 0 Å². The Labute approximate surface area is 109 Å². The molecule has 0 saturated carbocycles. The van der Waals surface area contributed by atoms with Crippen molar-refractivity contribution in [1.82, 2.24) is 20.3 Å². The lowest BCUT2D eigenvalue weighted by Gasteiger charge is -2.29. The summed E-state index contributed by atoms with van der Waals surface area (Å²) in [6, 6.07) is 0. The van der Waals surface area contributed by atoms with Gasteiger partial charge in [0, 0.05) is 51.4 Å². The first-order valence-electron chi connectivity index (χ1n) is 6.70. The number of nitrogens with one attached hydrogen (secondary N) is 1. The number of likely N-dealkylation sites (N-methyl/N-ethyl adjacent to an activating group) is 1. The molecule has 2 rings (SSSR count). The van der Waals surface area contributed by atoms with E-state index in [0.29, 0.717) is 0 Å². The molecule has 1 saturated heterocycles. The van der Waals surface area contributed by atoms with Gasteiger partial charge in [0.2, 0.25) is 0 Å². The highest BCUT2D eigenvalue weighted by atomic mass is 16.5. The van der Waals surface area contributed by atoms with Gasteiger partial charge in [0.25, 0.3) is 0 Å². The van der Waals surface area contributed by atoms with E-state index in [0.717, 1.165) is 44.2 Å². The van der Waals surface area contributed by atoms with Gasteiger partial charge in [-0.3, -0.25) is 4.90 Å². The molecular weight excluding hydrogens is 228 g/mol. The van der Waals surface area contributed by atoms with Crippen LogP contribution in [0.1, 0.15) is 17.0 Å². The molecule has 102 valence electrons. The molecule has 5 heteroatoms. The Balaban J connectivity index is 1.76. The van der Waals surface area contributed by atoms with Crippen molar-refractivity contribution >= 4 is 0 Å². The Bertz CT molecular complexity index is 352. The van der Waals surface area contributed by atoms with Gasteiger partial charge in [-0.25, -0.2) is 0 Å². The molecule has 1 N–H and O–H groups in total. The monoisotopic (exact) mass is 252 g/mol. The van der Waals surface area contributed by atoms with E-state index in [1.807, 2.05) is 13.8 Å². The average molecular weight is 252 g/mol. The van der Waals surface area contributed by atoms with Gasteiger partial charge in [-0.15, -0.1) is 0 Å². The number of rotatable bonds is 5. The van der Waals surface area contributed by atoms with Gasteiger partial charge in [-0.2, -0.15) is 0 Å². The lowest BCUT2D eigenvalue weighted by atomic mass is 10.2. The topological polar surface area (TPSA) is 44.5 Å². The highest BCUT2D eigenvalue weighted by molar-refractivity contribution is 5.20. The fourth-order valence-electron chi connectivity index (χ4n) is 2.32. The van der Waals surface area contributed by atoms with Crippen molar-refractivity contribution in [3.8, 4) is 0 Å². The molecule has 1 aliphatic heterocycles. The van der Waals surface area contributed by atoms with Gasteiger partial charge in [-0.05, 0) is 20.9 Å². The summed E-state index contributed by atoms with van der Waals surface area (Å²) in [5.74, 6) is 0.946. The summed E-state index contributed by atoms with van der Waals surface area (Å²) in [5, 5.41) is 7.38. The van der Waals surface area contributed by atoms with Crippen LogP contribution in [0.4, 0.5) is 0 Å². The van der Waals surface area contributed by atoms with Crippen molar-refractivity contribution in [2.45, 2.75) is 20.4 Å². The second-order valence-corrected chi connectivity index (χ2v) is 5.13. The molecule has 0 radical (unpaired) electrons. The molecule has 1 aliphatic rings. The third-order valence-corrected chi connectivity index (χ3v) is 3.62. The highest BCUT2D eigenvalue weighted by Crippen LogP contribution is 2.13. The first kappa shape index (κ1) is 13.5. The molecule has 1 aromatic heterocycles. The minimum absolute atomic E-state index is 0.924. The van der Waals surface area contributed by atoms with Gasteiger partial charge >= 0.3 is 0 Å². The molecule has 2 heterocycles. The molecule has 0 spiro atoms. The van der Waals surface area contributed by atoms with Crippen molar-refractivity contribution < 1.29 is 4.52 Å². The van der Waals surface area contributed by atoms with Crippen LogP contribution in [-0.4, -0.2) is 61.3 Å². The van der Waals surface area contributed by atoms with Gasteiger partial charge < -0.3 is 14.7 Å². The quantitative estimate of drug-likeness (QED) is 0.832. The maximum absolute atomic E-state index is 5.20. The fourth-order valence-corrected chi connectivity index (χ4v) is 2.32. The Morgan fingerprint density at radius 2 is 2.06 bits per heavy atom. The van der Waals surface area contributed by atoms with Crippen molar-refractivity contribution in [1.29, 1.82) is 0 Å². The number of nitrogens with zero attached hydrogens (tertiary/aromatic N) is 3. The largest absolute Gasteiger partial charge is 0.361 e. The molecule has 0 amide bonds. The van der Waals surface area contributed by atoms with Crippen molar-refractivity contribution in [3.05, 3.63) is 17.0 Å². The maximum atomic E-state index is 5.20. The number of hydrogen-bond acceptors (Lipinski definition) is 5. The SMILES string of the molecule is Cc1noc(C)c1CN(C)CCN1CCNCC1. The van der Waals surface area contributed by atoms with Gasteiger partial charge in [0.15, 0.2) is 0 Å². The van der Waals surface area contributed by atoms with E-state index in [1.54, 1.807) is 0 Å². The van der Waals surface area contributed by atoms with E-state index in [-0.39, 0.29) is 0 Å². The van der Waals surface area contributed by atoms with Crippen LogP contribution in [0.25, 0.3) is 0 Å². The van der Waals surface area contributed by atoms with Gasteiger partial charge in [0.05, 0.1) is 5.69 Å². The smallest absolute Gasteiger partial charge is 0.138 e. The van der Waals surface area contributed by atoms with Crippen LogP contribution in [0.5, 0.6) is 0 Å². The molecule has 0 aromatic carbocycles. The summed E-state index contributed by atoms with van der Waals surface area (Å²) in [6.45, 7) is 11.7. The number of aryl methyl sites for hydroxylation is 2. The molecule has 0 atom stereocenters. The van der Waals surface area contributed by atoms with E-state index >= 15 is 0 Å². The Kier molecular flexibility index (Phi) is 4.74. The molecule has 0 bridgehead atoms. The van der Waals surface area contributed by atoms with Crippen LogP contribution < -0.4 is 5.32 Å². The summed E-state index contributed by atoms with van der Waals surface area (Å²) >= 11 is 0. The van der Waals surface area contributed by atoms with Crippen molar-refractivity contribution in [3.63, 3.8) is 0 Å². The normalized spacial score (nSPS) is 17.6. The lowest BCUT2D eigenvalue weighted by Crippen LogP contribution is -2.45. The first-order chi connectivity index (χ1) is 8.66. The standard InChI is InChI=1S/C13H24N4O/c1-11-13(12(2)18-15-11)10-16(3)8-9-17-6-4-14-5-7-17/h14H,4-10H2,1-3H3. The summed E-state index contributed by atoms with van der Waals surface area (Å²) in [6.07, 6.45) is 0. The molecule has 5 nitrogen and oxygen atoms in total. The second kappa shape index (κ2) is 6.31. The summed E-state index contributed by atoms with van der Waals surface area (Å²) in [5.41, 5.74) is 2.25. The molecule has 18 heavy (non-hydrogen) atoms. The molecular formula is C13H24N4O. The number of aromatic nitrogens is 1. The van der Waals surface area contributed by atoms with Crippen LogP contribution in [-0.2, 0) is 6.54 Å². The van der Waals surface area contributed by atoms with Crippen LogP contribution in [0, 0.1) is 13.8 Å². The predicted molar refractivity (Wildman–Crippen MR) is 71.6 cm³/mol. The molecule has 0 aliphatic carbocycles. The van der Waals surface area contributed by atoms with E-state index < -0.39 is 0 Å². The summed E-state index contributed by atoms with van der Waals surface area (Å²) < 4.78 is 5.20. The first-order valence-corrected chi connectivity index (χ1v) is 6.70. The number of hydrogen-bond donors (Lipinski definition) is 1. The zero-order chi connectivity index (χ0) is 13.0. The Morgan fingerprint density at radius 1 is 1.33 bits per heavy atom. The van der Waals surface area contributed by atoms with Crippen LogP contribution in [0.15, 0.2) is 4.52 Å². The predicted octanol–water partition coefficient (Wildman–Crippen LogP) is 0.628. The molecule has 0 unspecified atom stereocenters. The van der Waals surface area contributed by atoms with Crippen LogP contribution in [0.3, 0.4) is 0 Å². The van der Waals surface area contributed by atoms with Gasteiger partial charge in [-0.1, -0.05) is 5.16 Å². The second-order valence-electron chi connectivity index (χ2n) is 5.13. The molecule has 1 fully saturated rings. The van der Waals surface area contributed by atoms with Crippen molar-refractivity contribution in [2.24, 2.45) is 0 Å². The third-order valence-electron chi connectivity index (χ3n) is 3.62. The lowest BCUT2D eigenvalue weighted by molar-refractivity contribution is 0.202. The zero-order valence-corrected chi connectivity index (χ0v) is 11.7. The van der Waals surface area contributed by atoms with E-state index in [9.17, 15) is 0 Å². The summed E-state index contributed by atoms with van der Waals surface area (Å²) in [7, 11) is 2.16. The van der Waals surface area contributed by atoms with E-state index in [1.165, 1.54) is 18.7 Å². The fraction of sp³-hybridized carbons (Fsp3) is 0.769. The third kappa shape index (κ3) is 3.54. The average Bonchev–Trinajstić information content (AvgIpc) is 2.69. The van der Waals surface area contributed by atoms with E-state index in [4.69, 9.17) is 4.52 Å². The maximum Gasteiger partial charge on any atom is 0.138 e. The minimum atomic E-state index is 0.924. The minimum Gasteiger partial charge on any atom is -0.361 e. The highest BCUT2D eigenvalue weighted by Gasteiger charge is 2.13. The van der Waals surface area contributed by atoms with Crippen molar-refractivity contribution in [2.75, 3.05) is 46.3 Å². The number of piperazine rings is 1. The Morgan fingerprint density at radius 3 is 2.67 bits per heavy atom. The molecule has 1 aromatic rings. The Hall–Kier alpha value is -0.910. The van der Waals surface area contributed by atoms with Gasteiger partial charge in [0.1, 0.15) is 5.76 Å². The van der Waals surface area contributed by atoms with Crippen LogP contribution in [0.2, 0.25) is 0 Å². The summed E-state index contributed by atoms with van der Waals surface area (Å²) in [4.78, 5) is 4.86. The van der Waals surface area contributed by atoms with E-state index in [2.05, 4.69) is 27.3 Å².